The van der Waals surface area contributed by atoms with Crippen molar-refractivity contribution in [1.82, 2.24) is 4.90 Å². The highest BCUT2D eigenvalue weighted by atomic mass is 16.7. The van der Waals surface area contributed by atoms with E-state index >= 15 is 0 Å². The third kappa shape index (κ3) is 2.97. The second kappa shape index (κ2) is 6.16. The lowest BCUT2D eigenvalue weighted by molar-refractivity contribution is -0.187. The lowest BCUT2D eigenvalue weighted by Gasteiger charge is -2.38. The Morgan fingerprint density at radius 3 is 2.38 bits per heavy atom. The van der Waals surface area contributed by atoms with Gasteiger partial charge >= 0.3 is 0 Å². The lowest BCUT2D eigenvalue weighted by atomic mass is 9.93. The fourth-order valence-electron chi connectivity index (χ4n) is 3.31. The highest BCUT2D eigenvalue weighted by Crippen LogP contribution is 2.33. The van der Waals surface area contributed by atoms with E-state index < -0.39 is 5.79 Å². The van der Waals surface area contributed by atoms with Crippen LogP contribution in [-0.4, -0.2) is 42.9 Å². The molecule has 0 aromatic heterocycles. The lowest BCUT2D eigenvalue weighted by Crippen LogP contribution is -2.48. The first-order chi connectivity index (χ1) is 10.2. The number of hydrogen-bond donors (Lipinski definition) is 0. The van der Waals surface area contributed by atoms with Gasteiger partial charge in [0.05, 0.1) is 19.1 Å². The maximum absolute atomic E-state index is 12.8. The first-order valence-electron chi connectivity index (χ1n) is 7.86. The summed E-state index contributed by atoms with van der Waals surface area (Å²) in [5.41, 5.74) is 1.11. The summed E-state index contributed by atoms with van der Waals surface area (Å²) in [6.45, 7) is 4.87. The number of rotatable bonds is 3. The summed E-state index contributed by atoms with van der Waals surface area (Å²) >= 11 is 0. The maximum Gasteiger partial charge on any atom is 0.230 e. The number of hydrogen-bond acceptors (Lipinski definition) is 3. The first kappa shape index (κ1) is 14.5. The van der Waals surface area contributed by atoms with Gasteiger partial charge in [0.15, 0.2) is 5.79 Å². The van der Waals surface area contributed by atoms with Crippen LogP contribution in [0.15, 0.2) is 30.3 Å². The van der Waals surface area contributed by atoms with E-state index in [1.165, 1.54) is 0 Å². The molecule has 1 spiro atoms. The van der Waals surface area contributed by atoms with Crippen molar-refractivity contribution in [2.24, 2.45) is 0 Å². The molecule has 2 heterocycles. The average Bonchev–Trinajstić information content (AvgIpc) is 2.98. The molecule has 1 aromatic carbocycles. The van der Waals surface area contributed by atoms with Crippen LogP contribution in [-0.2, 0) is 14.3 Å². The minimum atomic E-state index is -0.411. The molecule has 114 valence electrons. The van der Waals surface area contributed by atoms with Crippen molar-refractivity contribution >= 4 is 5.91 Å². The molecule has 3 rings (SSSR count). The number of benzene rings is 1. The molecule has 21 heavy (non-hydrogen) atoms. The predicted octanol–water partition coefficient (Wildman–Crippen LogP) is 2.55. The summed E-state index contributed by atoms with van der Waals surface area (Å²) in [7, 11) is 0. The molecular formula is C17H23NO3. The van der Waals surface area contributed by atoms with Crippen molar-refractivity contribution < 1.29 is 14.3 Å². The van der Waals surface area contributed by atoms with Crippen molar-refractivity contribution in [2.75, 3.05) is 26.3 Å². The van der Waals surface area contributed by atoms with E-state index in [0.717, 1.165) is 37.9 Å². The number of carbonyl (C=O) groups is 1. The molecule has 2 aliphatic rings. The molecule has 4 nitrogen and oxygen atoms in total. The maximum atomic E-state index is 12.8. The number of likely N-dealkylation sites (tertiary alicyclic amines) is 1. The number of amides is 1. The highest BCUT2D eigenvalue weighted by Gasteiger charge is 2.41. The molecule has 0 bridgehead atoms. The van der Waals surface area contributed by atoms with Gasteiger partial charge in [0.1, 0.15) is 0 Å². The third-order valence-corrected chi connectivity index (χ3v) is 4.56. The van der Waals surface area contributed by atoms with E-state index in [1.807, 2.05) is 35.2 Å². The van der Waals surface area contributed by atoms with E-state index in [4.69, 9.17) is 9.47 Å². The zero-order valence-corrected chi connectivity index (χ0v) is 12.6. The monoisotopic (exact) mass is 289 g/mol. The first-order valence-corrected chi connectivity index (χ1v) is 7.86. The summed E-state index contributed by atoms with van der Waals surface area (Å²) < 4.78 is 11.4. The van der Waals surface area contributed by atoms with Gasteiger partial charge in [0.25, 0.3) is 0 Å². The van der Waals surface area contributed by atoms with E-state index in [2.05, 4.69) is 6.92 Å². The molecular weight excluding hydrogens is 266 g/mol. The Balaban J connectivity index is 1.65. The molecule has 0 saturated carbocycles. The van der Waals surface area contributed by atoms with E-state index in [9.17, 15) is 4.79 Å². The van der Waals surface area contributed by atoms with Gasteiger partial charge in [0, 0.05) is 25.9 Å². The van der Waals surface area contributed by atoms with Crippen LogP contribution in [0.3, 0.4) is 0 Å². The van der Waals surface area contributed by atoms with Gasteiger partial charge in [-0.05, 0) is 12.0 Å². The molecule has 2 saturated heterocycles. The molecule has 2 fully saturated rings. The quantitative estimate of drug-likeness (QED) is 0.858. The third-order valence-electron chi connectivity index (χ3n) is 4.56. The smallest absolute Gasteiger partial charge is 0.230 e. The van der Waals surface area contributed by atoms with Crippen LogP contribution < -0.4 is 0 Å². The SMILES string of the molecule is CC[C@H](C(=O)N1CCC2(CC1)OCCO2)c1ccccc1. The second-order valence-corrected chi connectivity index (χ2v) is 5.80. The highest BCUT2D eigenvalue weighted by molar-refractivity contribution is 5.83. The number of carbonyl (C=O) groups excluding carboxylic acids is 1. The van der Waals surface area contributed by atoms with E-state index in [0.29, 0.717) is 13.2 Å². The van der Waals surface area contributed by atoms with E-state index in [-0.39, 0.29) is 11.8 Å². The van der Waals surface area contributed by atoms with Crippen molar-refractivity contribution in [1.29, 1.82) is 0 Å². The average molecular weight is 289 g/mol. The minimum Gasteiger partial charge on any atom is -0.347 e. The molecule has 0 unspecified atom stereocenters. The van der Waals surface area contributed by atoms with Crippen molar-refractivity contribution in [2.45, 2.75) is 37.9 Å². The fourth-order valence-corrected chi connectivity index (χ4v) is 3.31. The molecule has 2 aliphatic heterocycles. The Bertz CT molecular complexity index is 472. The van der Waals surface area contributed by atoms with Crippen LogP contribution in [0.25, 0.3) is 0 Å². The van der Waals surface area contributed by atoms with Gasteiger partial charge < -0.3 is 14.4 Å². The van der Waals surface area contributed by atoms with Gasteiger partial charge in [0.2, 0.25) is 5.91 Å². The van der Waals surface area contributed by atoms with Crippen LogP contribution in [0, 0.1) is 0 Å². The summed E-state index contributed by atoms with van der Waals surface area (Å²) in [6, 6.07) is 10.1. The van der Waals surface area contributed by atoms with Crippen LogP contribution >= 0.6 is 0 Å². The Morgan fingerprint density at radius 2 is 1.81 bits per heavy atom. The van der Waals surface area contributed by atoms with Gasteiger partial charge in [-0.2, -0.15) is 0 Å². The molecule has 0 radical (unpaired) electrons. The number of nitrogens with zero attached hydrogens (tertiary/aromatic N) is 1. The number of piperidine rings is 1. The molecule has 0 N–H and O–H groups in total. The van der Waals surface area contributed by atoms with Gasteiger partial charge in [-0.3, -0.25) is 4.79 Å². The van der Waals surface area contributed by atoms with Crippen LogP contribution in [0.5, 0.6) is 0 Å². The minimum absolute atomic E-state index is 0.0364. The molecule has 1 aromatic rings. The summed E-state index contributed by atoms with van der Waals surface area (Å²) in [4.78, 5) is 14.7. The number of ether oxygens (including phenoxy) is 2. The standard InChI is InChI=1S/C17H23NO3/c1-2-15(14-6-4-3-5-7-14)16(19)18-10-8-17(9-11-18)20-12-13-21-17/h3-7,15H,2,8-13H2,1H3/t15-/m0/s1. The molecule has 1 amide bonds. The zero-order valence-electron chi connectivity index (χ0n) is 12.6. The molecule has 0 aliphatic carbocycles. The van der Waals surface area contributed by atoms with Gasteiger partial charge in [-0.25, -0.2) is 0 Å². The Hall–Kier alpha value is -1.39. The van der Waals surface area contributed by atoms with Gasteiger partial charge in [-0.15, -0.1) is 0 Å². The largest absolute Gasteiger partial charge is 0.347 e. The summed E-state index contributed by atoms with van der Waals surface area (Å²) in [6.07, 6.45) is 2.39. The predicted molar refractivity (Wildman–Crippen MR) is 79.9 cm³/mol. The second-order valence-electron chi connectivity index (χ2n) is 5.80. The normalized spacial score (nSPS) is 22.4. The zero-order chi connectivity index (χ0) is 14.7. The Labute approximate surface area is 126 Å². The van der Waals surface area contributed by atoms with Gasteiger partial charge in [-0.1, -0.05) is 37.3 Å². The topological polar surface area (TPSA) is 38.8 Å². The molecule has 1 atom stereocenters. The van der Waals surface area contributed by atoms with Crippen LogP contribution in [0.2, 0.25) is 0 Å². The summed E-state index contributed by atoms with van der Waals surface area (Å²) in [5, 5.41) is 0. The fraction of sp³-hybridized carbons (Fsp3) is 0.588. The van der Waals surface area contributed by atoms with Crippen LogP contribution in [0.1, 0.15) is 37.7 Å². The van der Waals surface area contributed by atoms with E-state index in [1.54, 1.807) is 0 Å². The van der Waals surface area contributed by atoms with Crippen LogP contribution in [0.4, 0.5) is 0 Å². The van der Waals surface area contributed by atoms with Crippen molar-refractivity contribution in [3.05, 3.63) is 35.9 Å². The molecule has 4 heteroatoms. The van der Waals surface area contributed by atoms with Crippen molar-refractivity contribution in [3.8, 4) is 0 Å². The van der Waals surface area contributed by atoms with Crippen molar-refractivity contribution in [3.63, 3.8) is 0 Å². The summed E-state index contributed by atoms with van der Waals surface area (Å²) in [5.74, 6) is -0.215. The Kier molecular flexibility index (Phi) is 4.27. The Morgan fingerprint density at radius 1 is 1.19 bits per heavy atom.